The van der Waals surface area contributed by atoms with Crippen LogP contribution in [0.25, 0.3) is 0 Å². The summed E-state index contributed by atoms with van der Waals surface area (Å²) in [7, 11) is 0. The standard InChI is InChI=1S/C9H18N2S/c1-2-3-9(10)11-8-4-6-12-7-5-8/h8H,2-7H2,1H3,(H2,10,11). The zero-order valence-corrected chi connectivity index (χ0v) is 8.57. The van der Waals surface area contributed by atoms with E-state index in [1.54, 1.807) is 0 Å². The second kappa shape index (κ2) is 5.46. The molecule has 0 aliphatic carbocycles. The summed E-state index contributed by atoms with van der Waals surface area (Å²) in [6.45, 7) is 2.14. The van der Waals surface area contributed by atoms with E-state index in [-0.39, 0.29) is 0 Å². The van der Waals surface area contributed by atoms with Crippen LogP contribution >= 0.6 is 11.8 Å². The molecule has 0 aromatic carbocycles. The van der Waals surface area contributed by atoms with E-state index in [9.17, 15) is 0 Å². The number of thioether (sulfide) groups is 1. The Bertz CT molecular complexity index is 151. The maximum atomic E-state index is 5.76. The summed E-state index contributed by atoms with van der Waals surface area (Å²) in [5.74, 6) is 3.37. The Morgan fingerprint density at radius 3 is 2.75 bits per heavy atom. The number of nitrogens with zero attached hydrogens (tertiary/aromatic N) is 1. The first kappa shape index (κ1) is 9.90. The Morgan fingerprint density at radius 1 is 1.50 bits per heavy atom. The monoisotopic (exact) mass is 186 g/mol. The van der Waals surface area contributed by atoms with Gasteiger partial charge in [-0.3, -0.25) is 4.99 Å². The molecular weight excluding hydrogens is 168 g/mol. The van der Waals surface area contributed by atoms with Crippen molar-refractivity contribution in [1.29, 1.82) is 0 Å². The van der Waals surface area contributed by atoms with Gasteiger partial charge in [-0.15, -0.1) is 0 Å². The minimum absolute atomic E-state index is 0.526. The van der Waals surface area contributed by atoms with Crippen LogP contribution in [0.2, 0.25) is 0 Å². The Kier molecular flexibility index (Phi) is 4.51. The second-order valence-electron chi connectivity index (χ2n) is 3.21. The molecule has 1 rings (SSSR count). The molecule has 2 N–H and O–H groups in total. The summed E-state index contributed by atoms with van der Waals surface area (Å²) in [5, 5.41) is 0. The van der Waals surface area contributed by atoms with Crippen LogP contribution in [0.15, 0.2) is 4.99 Å². The van der Waals surface area contributed by atoms with Crippen LogP contribution in [-0.2, 0) is 0 Å². The number of amidine groups is 1. The van der Waals surface area contributed by atoms with Gasteiger partial charge in [0, 0.05) is 6.42 Å². The predicted octanol–water partition coefficient (Wildman–Crippen LogP) is 2.04. The first-order valence-electron chi connectivity index (χ1n) is 4.72. The fourth-order valence-electron chi connectivity index (χ4n) is 1.37. The van der Waals surface area contributed by atoms with Gasteiger partial charge in [0.15, 0.2) is 0 Å². The number of rotatable bonds is 3. The highest BCUT2D eigenvalue weighted by atomic mass is 32.2. The zero-order chi connectivity index (χ0) is 8.81. The van der Waals surface area contributed by atoms with Crippen LogP contribution in [0.1, 0.15) is 32.6 Å². The van der Waals surface area contributed by atoms with Gasteiger partial charge in [-0.25, -0.2) is 0 Å². The maximum absolute atomic E-state index is 5.76. The van der Waals surface area contributed by atoms with E-state index in [1.807, 2.05) is 11.8 Å². The Labute approximate surface area is 79.0 Å². The van der Waals surface area contributed by atoms with Gasteiger partial charge in [-0.05, 0) is 30.8 Å². The van der Waals surface area contributed by atoms with Crippen molar-refractivity contribution in [3.63, 3.8) is 0 Å². The smallest absolute Gasteiger partial charge is 0.0940 e. The molecule has 12 heavy (non-hydrogen) atoms. The van der Waals surface area contributed by atoms with Crippen LogP contribution < -0.4 is 5.73 Å². The van der Waals surface area contributed by atoms with E-state index in [0.29, 0.717) is 6.04 Å². The third-order valence-corrected chi connectivity index (χ3v) is 3.09. The first-order chi connectivity index (χ1) is 5.83. The molecule has 2 nitrogen and oxygen atoms in total. The summed E-state index contributed by atoms with van der Waals surface area (Å²) < 4.78 is 0. The quantitative estimate of drug-likeness (QED) is 0.541. The van der Waals surface area contributed by atoms with Crippen LogP contribution in [0.3, 0.4) is 0 Å². The minimum Gasteiger partial charge on any atom is -0.387 e. The van der Waals surface area contributed by atoms with Gasteiger partial charge < -0.3 is 5.73 Å². The Balaban J connectivity index is 2.31. The molecule has 1 aliphatic heterocycles. The molecule has 0 spiro atoms. The lowest BCUT2D eigenvalue weighted by Gasteiger charge is -2.17. The van der Waals surface area contributed by atoms with Crippen LogP contribution in [0.5, 0.6) is 0 Å². The fourth-order valence-corrected chi connectivity index (χ4v) is 2.45. The zero-order valence-electron chi connectivity index (χ0n) is 7.75. The maximum Gasteiger partial charge on any atom is 0.0940 e. The Morgan fingerprint density at radius 2 is 2.17 bits per heavy atom. The van der Waals surface area contributed by atoms with Gasteiger partial charge in [-0.1, -0.05) is 6.92 Å². The van der Waals surface area contributed by atoms with Crippen molar-refractivity contribution in [1.82, 2.24) is 0 Å². The molecule has 0 aromatic rings. The first-order valence-corrected chi connectivity index (χ1v) is 5.88. The average molecular weight is 186 g/mol. The van der Waals surface area contributed by atoms with Gasteiger partial charge in [0.05, 0.1) is 11.9 Å². The van der Waals surface area contributed by atoms with E-state index in [0.717, 1.165) is 18.7 Å². The molecule has 3 heteroatoms. The molecule has 0 bridgehead atoms. The number of aliphatic imine (C=N–C) groups is 1. The summed E-state index contributed by atoms with van der Waals surface area (Å²) in [5.41, 5.74) is 5.76. The van der Waals surface area contributed by atoms with Gasteiger partial charge >= 0.3 is 0 Å². The number of hydrogen-bond acceptors (Lipinski definition) is 2. The molecule has 70 valence electrons. The summed E-state index contributed by atoms with van der Waals surface area (Å²) in [4.78, 5) is 4.51. The van der Waals surface area contributed by atoms with Gasteiger partial charge in [0.1, 0.15) is 0 Å². The van der Waals surface area contributed by atoms with Gasteiger partial charge in [0.25, 0.3) is 0 Å². The highest BCUT2D eigenvalue weighted by molar-refractivity contribution is 7.99. The molecule has 0 saturated carbocycles. The molecule has 1 saturated heterocycles. The van der Waals surface area contributed by atoms with E-state index in [1.165, 1.54) is 24.3 Å². The molecule has 0 radical (unpaired) electrons. The van der Waals surface area contributed by atoms with Gasteiger partial charge in [0.2, 0.25) is 0 Å². The average Bonchev–Trinajstić information content (AvgIpc) is 2.06. The third-order valence-electron chi connectivity index (χ3n) is 2.05. The van der Waals surface area contributed by atoms with Crippen molar-refractivity contribution in [3.8, 4) is 0 Å². The van der Waals surface area contributed by atoms with Crippen molar-refractivity contribution in [2.75, 3.05) is 11.5 Å². The lowest BCUT2D eigenvalue weighted by atomic mass is 10.2. The highest BCUT2D eigenvalue weighted by Crippen LogP contribution is 2.19. The normalized spacial score (nSPS) is 21.2. The molecule has 1 fully saturated rings. The molecule has 0 atom stereocenters. The summed E-state index contributed by atoms with van der Waals surface area (Å²) in [6.07, 6.45) is 4.50. The molecule has 0 aromatic heterocycles. The van der Waals surface area contributed by atoms with E-state index in [4.69, 9.17) is 5.73 Å². The second-order valence-corrected chi connectivity index (χ2v) is 4.44. The minimum atomic E-state index is 0.526. The van der Waals surface area contributed by atoms with Crippen LogP contribution in [-0.4, -0.2) is 23.4 Å². The number of hydrogen-bond donors (Lipinski definition) is 1. The van der Waals surface area contributed by atoms with Crippen molar-refractivity contribution < 1.29 is 0 Å². The third kappa shape index (κ3) is 3.48. The summed E-state index contributed by atoms with van der Waals surface area (Å²) in [6, 6.07) is 0.526. The molecular formula is C9H18N2S. The predicted molar refractivity (Wildman–Crippen MR) is 56.9 cm³/mol. The molecule has 1 heterocycles. The lowest BCUT2D eigenvalue weighted by molar-refractivity contribution is 0.624. The summed E-state index contributed by atoms with van der Waals surface area (Å²) >= 11 is 2.03. The molecule has 0 amide bonds. The number of nitrogens with two attached hydrogens (primary N) is 1. The molecule has 0 unspecified atom stereocenters. The van der Waals surface area contributed by atoms with Crippen LogP contribution in [0.4, 0.5) is 0 Å². The van der Waals surface area contributed by atoms with Crippen LogP contribution in [0, 0.1) is 0 Å². The molecule has 1 aliphatic rings. The van der Waals surface area contributed by atoms with Gasteiger partial charge in [-0.2, -0.15) is 11.8 Å². The van der Waals surface area contributed by atoms with Crippen molar-refractivity contribution >= 4 is 17.6 Å². The van der Waals surface area contributed by atoms with E-state index in [2.05, 4.69) is 11.9 Å². The topological polar surface area (TPSA) is 38.4 Å². The SMILES string of the molecule is CCCC(N)=NC1CCSCC1. The highest BCUT2D eigenvalue weighted by Gasteiger charge is 2.11. The van der Waals surface area contributed by atoms with E-state index < -0.39 is 0 Å². The van der Waals surface area contributed by atoms with Crippen molar-refractivity contribution in [2.24, 2.45) is 10.7 Å². The largest absolute Gasteiger partial charge is 0.387 e. The lowest BCUT2D eigenvalue weighted by Crippen LogP contribution is -2.19. The van der Waals surface area contributed by atoms with Crippen molar-refractivity contribution in [3.05, 3.63) is 0 Å². The fraction of sp³-hybridized carbons (Fsp3) is 0.889. The van der Waals surface area contributed by atoms with Crippen molar-refractivity contribution in [2.45, 2.75) is 38.6 Å². The Hall–Kier alpha value is -0.180. The van der Waals surface area contributed by atoms with E-state index >= 15 is 0 Å².